The van der Waals surface area contributed by atoms with E-state index in [9.17, 15) is 18.5 Å². The van der Waals surface area contributed by atoms with Crippen molar-refractivity contribution in [2.45, 2.75) is 17.7 Å². The standard InChI is InChI=1S/C23H21N3O3S2/c24-15-19-4-1-2-7-22(19)31(28,29)26-11-8-17(9-12-26)23(27)25-21-6-3-5-18(14-21)20-10-13-30-16-20/h1-7,10,13-14,16-17H,8-9,11-12H2,(H,25,27). The van der Waals surface area contributed by atoms with Gasteiger partial charge in [0, 0.05) is 24.7 Å². The number of carbonyl (C=O) groups excluding carboxylic acids is 1. The first-order valence-electron chi connectivity index (χ1n) is 9.92. The fraction of sp³-hybridized carbons (Fsp3) is 0.217. The number of sulfonamides is 1. The minimum atomic E-state index is -3.76. The van der Waals surface area contributed by atoms with Crippen molar-refractivity contribution in [2.75, 3.05) is 18.4 Å². The molecule has 31 heavy (non-hydrogen) atoms. The monoisotopic (exact) mass is 451 g/mol. The van der Waals surface area contributed by atoms with Gasteiger partial charge in [-0.25, -0.2) is 8.42 Å². The molecule has 2 aromatic carbocycles. The van der Waals surface area contributed by atoms with Gasteiger partial charge >= 0.3 is 0 Å². The van der Waals surface area contributed by atoms with Crippen molar-refractivity contribution in [1.29, 1.82) is 5.26 Å². The second-order valence-corrected chi connectivity index (χ2v) is 10.1. The van der Waals surface area contributed by atoms with E-state index in [1.165, 1.54) is 16.4 Å². The van der Waals surface area contributed by atoms with Crippen LogP contribution in [0, 0.1) is 17.2 Å². The average molecular weight is 452 g/mol. The molecule has 1 fully saturated rings. The van der Waals surface area contributed by atoms with Crippen LogP contribution in [-0.2, 0) is 14.8 Å². The summed E-state index contributed by atoms with van der Waals surface area (Å²) in [4.78, 5) is 12.8. The largest absolute Gasteiger partial charge is 0.326 e. The maximum absolute atomic E-state index is 13.0. The van der Waals surface area contributed by atoms with Gasteiger partial charge in [0.15, 0.2) is 0 Å². The number of rotatable bonds is 5. The van der Waals surface area contributed by atoms with Crippen LogP contribution in [0.3, 0.4) is 0 Å². The Kier molecular flexibility index (Phi) is 6.18. The SMILES string of the molecule is N#Cc1ccccc1S(=O)(=O)N1CCC(C(=O)Nc2cccc(-c3ccsc3)c2)CC1. The van der Waals surface area contributed by atoms with Gasteiger partial charge in [-0.3, -0.25) is 4.79 Å². The minimum Gasteiger partial charge on any atom is -0.326 e. The summed E-state index contributed by atoms with van der Waals surface area (Å²) in [5, 5.41) is 16.3. The first-order chi connectivity index (χ1) is 15.0. The molecule has 8 heteroatoms. The third-order valence-electron chi connectivity index (χ3n) is 5.43. The summed E-state index contributed by atoms with van der Waals surface area (Å²) in [6.45, 7) is 0.490. The predicted octanol–water partition coefficient (Wildman–Crippen LogP) is 4.33. The molecule has 0 unspecified atom stereocenters. The van der Waals surface area contributed by atoms with Gasteiger partial charge in [-0.05, 0) is 65.1 Å². The Balaban J connectivity index is 1.40. The third kappa shape index (κ3) is 4.54. The van der Waals surface area contributed by atoms with E-state index in [1.54, 1.807) is 23.5 Å². The van der Waals surface area contributed by atoms with Crippen LogP contribution >= 0.6 is 11.3 Å². The molecular formula is C23H21N3O3S2. The number of hydrogen-bond donors (Lipinski definition) is 1. The van der Waals surface area contributed by atoms with E-state index in [2.05, 4.69) is 10.7 Å². The molecule has 3 aromatic rings. The molecule has 1 saturated heterocycles. The van der Waals surface area contributed by atoms with Crippen LogP contribution in [0.4, 0.5) is 5.69 Å². The van der Waals surface area contributed by atoms with Crippen molar-refractivity contribution in [3.8, 4) is 17.2 Å². The molecule has 0 atom stereocenters. The smallest absolute Gasteiger partial charge is 0.244 e. The molecular weight excluding hydrogens is 430 g/mol. The second-order valence-electron chi connectivity index (χ2n) is 7.37. The normalized spacial score (nSPS) is 15.3. The zero-order valence-electron chi connectivity index (χ0n) is 16.7. The lowest BCUT2D eigenvalue weighted by Gasteiger charge is -2.30. The molecule has 1 amide bonds. The number of anilines is 1. The van der Waals surface area contributed by atoms with Gasteiger partial charge in [-0.1, -0.05) is 24.3 Å². The summed E-state index contributed by atoms with van der Waals surface area (Å²) in [5.41, 5.74) is 3.01. The van der Waals surface area contributed by atoms with Gasteiger partial charge in [-0.15, -0.1) is 0 Å². The maximum atomic E-state index is 13.0. The van der Waals surface area contributed by atoms with E-state index in [0.29, 0.717) is 12.8 Å². The van der Waals surface area contributed by atoms with Gasteiger partial charge < -0.3 is 5.32 Å². The van der Waals surface area contributed by atoms with Crippen molar-refractivity contribution in [3.63, 3.8) is 0 Å². The summed E-state index contributed by atoms with van der Waals surface area (Å²) >= 11 is 1.62. The topological polar surface area (TPSA) is 90.3 Å². The molecule has 1 N–H and O–H groups in total. The fourth-order valence-corrected chi connectivity index (χ4v) is 6.01. The molecule has 0 bridgehead atoms. The van der Waals surface area contributed by atoms with Crippen LogP contribution in [0.5, 0.6) is 0 Å². The van der Waals surface area contributed by atoms with E-state index in [0.717, 1.165) is 16.8 Å². The fourth-order valence-electron chi connectivity index (χ4n) is 3.73. The molecule has 4 rings (SSSR count). The van der Waals surface area contributed by atoms with Gasteiger partial charge in [0.25, 0.3) is 0 Å². The Hall–Kier alpha value is -2.99. The Morgan fingerprint density at radius 1 is 1.06 bits per heavy atom. The molecule has 0 saturated carbocycles. The number of carbonyl (C=O) groups is 1. The molecule has 1 aromatic heterocycles. The Labute approximate surface area is 185 Å². The number of hydrogen-bond acceptors (Lipinski definition) is 5. The summed E-state index contributed by atoms with van der Waals surface area (Å²) in [6, 6.07) is 17.9. The van der Waals surface area contributed by atoms with Gasteiger partial charge in [0.1, 0.15) is 6.07 Å². The summed E-state index contributed by atoms with van der Waals surface area (Å²) < 4.78 is 27.3. The van der Waals surface area contributed by atoms with Crippen molar-refractivity contribution >= 4 is 33.0 Å². The summed E-state index contributed by atoms with van der Waals surface area (Å²) in [7, 11) is -3.76. The summed E-state index contributed by atoms with van der Waals surface area (Å²) in [6.07, 6.45) is 0.869. The highest BCUT2D eigenvalue weighted by molar-refractivity contribution is 7.89. The van der Waals surface area contributed by atoms with Crippen LogP contribution in [0.25, 0.3) is 11.1 Å². The lowest BCUT2D eigenvalue weighted by Crippen LogP contribution is -2.41. The van der Waals surface area contributed by atoms with Crippen molar-refractivity contribution in [1.82, 2.24) is 4.31 Å². The van der Waals surface area contributed by atoms with Crippen molar-refractivity contribution in [2.24, 2.45) is 5.92 Å². The van der Waals surface area contributed by atoms with E-state index in [-0.39, 0.29) is 35.4 Å². The number of thiophene rings is 1. The number of nitrogens with zero attached hydrogens (tertiary/aromatic N) is 2. The van der Waals surface area contributed by atoms with Gasteiger partial charge in [-0.2, -0.15) is 20.9 Å². The Morgan fingerprint density at radius 2 is 1.84 bits per heavy atom. The first-order valence-corrected chi connectivity index (χ1v) is 12.3. The zero-order valence-corrected chi connectivity index (χ0v) is 18.3. The predicted molar refractivity (Wildman–Crippen MR) is 121 cm³/mol. The van der Waals surface area contributed by atoms with Crippen LogP contribution in [0.1, 0.15) is 18.4 Å². The highest BCUT2D eigenvalue weighted by Crippen LogP contribution is 2.28. The average Bonchev–Trinajstić information content (AvgIpc) is 3.34. The highest BCUT2D eigenvalue weighted by Gasteiger charge is 2.33. The molecule has 6 nitrogen and oxygen atoms in total. The molecule has 1 aliphatic rings. The first kappa shape index (κ1) is 21.2. The Morgan fingerprint density at radius 3 is 2.55 bits per heavy atom. The van der Waals surface area contributed by atoms with Crippen LogP contribution in [0.15, 0.2) is 70.3 Å². The van der Waals surface area contributed by atoms with E-state index >= 15 is 0 Å². The Bertz CT molecular complexity index is 1220. The molecule has 2 heterocycles. The third-order valence-corrected chi connectivity index (χ3v) is 8.07. The molecule has 1 aliphatic heterocycles. The molecule has 0 radical (unpaired) electrons. The van der Waals surface area contributed by atoms with Crippen LogP contribution < -0.4 is 5.32 Å². The number of piperidine rings is 1. The van der Waals surface area contributed by atoms with E-state index in [1.807, 2.05) is 41.8 Å². The van der Waals surface area contributed by atoms with Gasteiger partial charge in [0.2, 0.25) is 15.9 Å². The molecule has 0 spiro atoms. The molecule has 158 valence electrons. The number of amides is 1. The van der Waals surface area contributed by atoms with E-state index < -0.39 is 10.0 Å². The van der Waals surface area contributed by atoms with E-state index in [4.69, 9.17) is 0 Å². The lowest BCUT2D eigenvalue weighted by atomic mass is 9.97. The van der Waals surface area contributed by atoms with Crippen molar-refractivity contribution in [3.05, 3.63) is 70.9 Å². The second kappa shape index (κ2) is 9.02. The minimum absolute atomic E-state index is 0.0191. The van der Waals surface area contributed by atoms with Crippen molar-refractivity contribution < 1.29 is 13.2 Å². The van der Waals surface area contributed by atoms with Gasteiger partial charge in [0.05, 0.1) is 10.5 Å². The zero-order chi connectivity index (χ0) is 21.8. The lowest BCUT2D eigenvalue weighted by molar-refractivity contribution is -0.120. The number of nitrogens with one attached hydrogen (secondary N) is 1. The maximum Gasteiger partial charge on any atom is 0.244 e. The number of benzene rings is 2. The van der Waals surface area contributed by atoms with Crippen LogP contribution in [0.2, 0.25) is 0 Å². The van der Waals surface area contributed by atoms with Crippen LogP contribution in [-0.4, -0.2) is 31.7 Å². The summed E-state index contributed by atoms with van der Waals surface area (Å²) in [5.74, 6) is -0.362. The highest BCUT2D eigenvalue weighted by atomic mass is 32.2. The quantitative estimate of drug-likeness (QED) is 0.625. The number of nitriles is 1. The molecule has 0 aliphatic carbocycles.